The molecule has 5 aromatic rings. The van der Waals surface area contributed by atoms with Gasteiger partial charge < -0.3 is 24.6 Å². The Kier molecular flexibility index (Phi) is 6.96. The van der Waals surface area contributed by atoms with Crippen LogP contribution in [0, 0.1) is 0 Å². The smallest absolute Gasteiger partial charge is 0.248 e. The first-order valence-electron chi connectivity index (χ1n) is 12.0. The van der Waals surface area contributed by atoms with E-state index in [0.29, 0.717) is 24.7 Å². The van der Waals surface area contributed by atoms with E-state index in [-0.39, 0.29) is 12.0 Å². The van der Waals surface area contributed by atoms with Gasteiger partial charge in [0.15, 0.2) is 0 Å². The Morgan fingerprint density at radius 3 is 2.81 bits per heavy atom. The zero-order chi connectivity index (χ0) is 25.8. The molecule has 0 fully saturated rings. The third-order valence-electron chi connectivity index (χ3n) is 6.14. The van der Waals surface area contributed by atoms with E-state index in [0.717, 1.165) is 33.2 Å². The van der Waals surface area contributed by atoms with Crippen molar-refractivity contribution in [3.8, 4) is 5.75 Å². The number of anilines is 2. The molecule has 2 aromatic carbocycles. The maximum absolute atomic E-state index is 11.7. The van der Waals surface area contributed by atoms with E-state index < -0.39 is 6.61 Å². The van der Waals surface area contributed by atoms with Crippen molar-refractivity contribution in [3.05, 3.63) is 85.1 Å². The minimum absolute atomic E-state index is 0.311. The maximum atomic E-state index is 11.7. The highest BCUT2D eigenvalue weighted by atomic mass is 16.5. The fraction of sp³-hybridized carbons (Fsp3) is 0.214. The molecule has 3 aromatic heterocycles. The van der Waals surface area contributed by atoms with Gasteiger partial charge in [-0.2, -0.15) is 0 Å². The summed E-state index contributed by atoms with van der Waals surface area (Å²) in [6.07, 6.45) is 5.08. The quantitative estimate of drug-likeness (QED) is 0.318. The molecular weight excluding hydrogens is 468 g/mol. The van der Waals surface area contributed by atoms with Crippen LogP contribution in [0.2, 0.25) is 0 Å². The zero-order valence-electron chi connectivity index (χ0n) is 20.7. The van der Waals surface area contributed by atoms with E-state index in [4.69, 9.17) is 9.84 Å². The summed E-state index contributed by atoms with van der Waals surface area (Å²) in [5.74, 6) is 0.878. The number of carbonyl (C=O) groups is 1. The Hall–Kier alpha value is -4.50. The number of likely N-dealkylation sites (N-methyl/N-ethyl adjacent to an activating group) is 1. The fourth-order valence-corrected chi connectivity index (χ4v) is 4.35. The first-order chi connectivity index (χ1) is 18.0. The van der Waals surface area contributed by atoms with E-state index in [2.05, 4.69) is 49.2 Å². The molecule has 0 saturated heterocycles. The second-order valence-electron chi connectivity index (χ2n) is 8.90. The van der Waals surface area contributed by atoms with E-state index >= 15 is 0 Å². The highest BCUT2D eigenvalue weighted by Gasteiger charge is 2.16. The molecule has 5 rings (SSSR count). The minimum Gasteiger partial charge on any atom is -0.488 e. The molecule has 0 radical (unpaired) electrons. The number of ether oxygens (including phenoxy) is 1. The van der Waals surface area contributed by atoms with Gasteiger partial charge in [-0.05, 0) is 55.5 Å². The number of aromatic nitrogens is 4. The molecule has 0 unspecified atom stereocenters. The Morgan fingerprint density at radius 2 is 2.00 bits per heavy atom. The number of nitrogens with zero attached hydrogens (tertiary/aromatic N) is 5. The number of benzene rings is 2. The standard InChI is InChI=1S/C28H28N6O3/c1-19(15-33(2)26(36)17-35)37-25-8-5-7-23-27(25)28(31-18-30-23)32-21-9-10-24-20(14-21)11-13-34(24)16-22-6-3-4-12-29-22/h3-14,18-19,35H,15-17H2,1-2H3,(H,30,31,32)/t19-/m1/s1. The van der Waals surface area contributed by atoms with Crippen molar-refractivity contribution < 1.29 is 14.6 Å². The van der Waals surface area contributed by atoms with E-state index in [1.165, 1.54) is 11.2 Å². The van der Waals surface area contributed by atoms with Crippen molar-refractivity contribution in [2.24, 2.45) is 0 Å². The fourth-order valence-electron chi connectivity index (χ4n) is 4.35. The molecule has 0 aliphatic heterocycles. The number of carbonyl (C=O) groups excluding carboxylic acids is 1. The second kappa shape index (κ2) is 10.6. The normalized spacial score (nSPS) is 12.0. The topological polar surface area (TPSA) is 105 Å². The average molecular weight is 497 g/mol. The number of hydrogen-bond acceptors (Lipinski definition) is 7. The van der Waals surface area contributed by atoms with Gasteiger partial charge in [0, 0.05) is 36.0 Å². The molecule has 0 saturated carbocycles. The van der Waals surface area contributed by atoms with Crippen LogP contribution in [0.15, 0.2) is 79.4 Å². The number of nitrogens with one attached hydrogen (secondary N) is 1. The lowest BCUT2D eigenvalue weighted by atomic mass is 10.2. The maximum Gasteiger partial charge on any atom is 0.248 e. The Balaban J connectivity index is 1.40. The lowest BCUT2D eigenvalue weighted by Crippen LogP contribution is -2.37. The van der Waals surface area contributed by atoms with Gasteiger partial charge in [0.25, 0.3) is 0 Å². The van der Waals surface area contributed by atoms with Crippen molar-refractivity contribution in [2.75, 3.05) is 25.5 Å². The van der Waals surface area contributed by atoms with E-state index in [9.17, 15) is 4.79 Å². The van der Waals surface area contributed by atoms with Crippen LogP contribution in [0.1, 0.15) is 12.6 Å². The number of aliphatic hydroxyl groups is 1. The summed E-state index contributed by atoms with van der Waals surface area (Å²) >= 11 is 0. The number of pyridine rings is 1. The summed E-state index contributed by atoms with van der Waals surface area (Å²) < 4.78 is 8.37. The van der Waals surface area contributed by atoms with Crippen LogP contribution in [0.5, 0.6) is 5.75 Å². The summed E-state index contributed by atoms with van der Waals surface area (Å²) in [5, 5.41) is 14.4. The summed E-state index contributed by atoms with van der Waals surface area (Å²) in [5.41, 5.74) is 3.75. The van der Waals surface area contributed by atoms with Gasteiger partial charge in [0.1, 0.15) is 30.6 Å². The molecule has 0 aliphatic rings. The minimum atomic E-state index is -0.531. The first kappa shape index (κ1) is 24.2. The highest BCUT2D eigenvalue weighted by Crippen LogP contribution is 2.33. The molecule has 0 spiro atoms. The van der Waals surface area contributed by atoms with Crippen LogP contribution in [0.4, 0.5) is 11.5 Å². The third-order valence-corrected chi connectivity index (χ3v) is 6.14. The third kappa shape index (κ3) is 5.36. The summed E-state index contributed by atoms with van der Waals surface area (Å²) in [6.45, 7) is 2.38. The van der Waals surface area contributed by atoms with Crippen molar-refractivity contribution in [1.82, 2.24) is 24.4 Å². The summed E-state index contributed by atoms with van der Waals surface area (Å²) in [7, 11) is 1.64. The van der Waals surface area contributed by atoms with Gasteiger partial charge in [-0.1, -0.05) is 12.1 Å². The van der Waals surface area contributed by atoms with Crippen LogP contribution in [0.3, 0.4) is 0 Å². The molecule has 37 heavy (non-hydrogen) atoms. The molecule has 9 nitrogen and oxygen atoms in total. The van der Waals surface area contributed by atoms with Crippen molar-refractivity contribution in [2.45, 2.75) is 19.6 Å². The highest BCUT2D eigenvalue weighted by molar-refractivity contribution is 5.96. The second-order valence-corrected chi connectivity index (χ2v) is 8.90. The molecule has 188 valence electrons. The van der Waals surface area contributed by atoms with Gasteiger partial charge in [-0.25, -0.2) is 9.97 Å². The molecule has 1 atom stereocenters. The van der Waals surface area contributed by atoms with E-state index in [1.54, 1.807) is 13.2 Å². The van der Waals surface area contributed by atoms with E-state index in [1.807, 2.05) is 49.4 Å². The monoisotopic (exact) mass is 496 g/mol. The van der Waals surface area contributed by atoms with Gasteiger partial charge in [0.2, 0.25) is 5.91 Å². The Bertz CT molecular complexity index is 1530. The van der Waals surface area contributed by atoms with Gasteiger partial charge in [-0.15, -0.1) is 0 Å². The number of aliphatic hydroxyl groups excluding tert-OH is 1. The molecule has 0 bridgehead atoms. The number of rotatable bonds is 9. The van der Waals surface area contributed by atoms with Crippen LogP contribution < -0.4 is 10.1 Å². The van der Waals surface area contributed by atoms with Gasteiger partial charge >= 0.3 is 0 Å². The van der Waals surface area contributed by atoms with Gasteiger partial charge in [-0.3, -0.25) is 9.78 Å². The number of fused-ring (bicyclic) bond motifs is 2. The number of hydrogen-bond donors (Lipinski definition) is 2. The van der Waals surface area contributed by atoms with Crippen molar-refractivity contribution in [1.29, 1.82) is 0 Å². The molecular formula is C28H28N6O3. The van der Waals surface area contributed by atoms with Crippen LogP contribution in [-0.4, -0.2) is 61.7 Å². The summed E-state index contributed by atoms with van der Waals surface area (Å²) in [4.78, 5) is 26.5. The summed E-state index contributed by atoms with van der Waals surface area (Å²) in [6, 6.07) is 19.8. The molecule has 2 N–H and O–H groups in total. The van der Waals surface area contributed by atoms with Gasteiger partial charge in [0.05, 0.1) is 29.7 Å². The predicted octanol–water partition coefficient (Wildman–Crippen LogP) is 3.99. The molecule has 1 amide bonds. The first-order valence-corrected chi connectivity index (χ1v) is 12.0. The SMILES string of the molecule is C[C@H](CN(C)C(=O)CO)Oc1cccc2ncnc(Nc3ccc4c(ccn4Cc4ccccn4)c3)c12. The van der Waals surface area contributed by atoms with Crippen molar-refractivity contribution in [3.63, 3.8) is 0 Å². The van der Waals surface area contributed by atoms with Crippen LogP contribution >= 0.6 is 0 Å². The Labute approximate surface area is 214 Å². The molecule has 9 heteroatoms. The lowest BCUT2D eigenvalue weighted by molar-refractivity contribution is -0.133. The van der Waals surface area contributed by atoms with Crippen molar-refractivity contribution >= 4 is 39.2 Å². The largest absolute Gasteiger partial charge is 0.488 e. The molecule has 0 aliphatic carbocycles. The number of amides is 1. The van der Waals surface area contributed by atoms with Crippen LogP contribution in [-0.2, 0) is 11.3 Å². The lowest BCUT2D eigenvalue weighted by Gasteiger charge is -2.23. The molecule has 3 heterocycles. The predicted molar refractivity (Wildman–Crippen MR) is 143 cm³/mol. The Morgan fingerprint density at radius 1 is 1.11 bits per heavy atom. The average Bonchev–Trinajstić information content (AvgIpc) is 3.30. The zero-order valence-corrected chi connectivity index (χ0v) is 20.7. The van der Waals surface area contributed by atoms with Crippen LogP contribution in [0.25, 0.3) is 21.8 Å².